The topological polar surface area (TPSA) is 75.4 Å². The molecule has 1 aromatic heterocycles. The first-order chi connectivity index (χ1) is 10.1. The summed E-state index contributed by atoms with van der Waals surface area (Å²) >= 11 is 0. The quantitative estimate of drug-likeness (QED) is 0.908. The van der Waals surface area contributed by atoms with Crippen molar-refractivity contribution in [3.8, 4) is 0 Å². The molecule has 1 fully saturated rings. The molecule has 0 aliphatic carbocycles. The maximum atomic E-state index is 12.8. The summed E-state index contributed by atoms with van der Waals surface area (Å²) in [7, 11) is 0. The molecule has 122 valence electrons. The Hall–Kier alpha value is -1.85. The molecular formula is C16H25N3O3. The number of amides is 1. The molecule has 0 saturated carbocycles. The van der Waals surface area contributed by atoms with Gasteiger partial charge in [0.15, 0.2) is 0 Å². The van der Waals surface area contributed by atoms with Crippen LogP contribution in [0.4, 0.5) is 0 Å². The fourth-order valence-electron chi connectivity index (χ4n) is 3.16. The molecule has 1 N–H and O–H groups in total. The summed E-state index contributed by atoms with van der Waals surface area (Å²) in [6.07, 6.45) is 2.22. The Morgan fingerprint density at radius 3 is 2.45 bits per heavy atom. The van der Waals surface area contributed by atoms with Crippen LogP contribution in [-0.2, 0) is 10.3 Å². The van der Waals surface area contributed by atoms with E-state index in [1.165, 1.54) is 0 Å². The standard InChI is InChI=1S/C16H25N3O3/c1-10-6-12(15(21)22)9-18(8-10)14(20)13-7-17-19(11(13)2)16(3,4)5/h7,10,12H,6,8-9H2,1-5H3,(H,21,22). The lowest BCUT2D eigenvalue weighted by Gasteiger charge is -2.34. The van der Waals surface area contributed by atoms with Crippen LogP contribution in [0.1, 0.15) is 50.2 Å². The Labute approximate surface area is 131 Å². The molecule has 0 spiro atoms. The molecule has 0 bridgehead atoms. The molecule has 1 aliphatic heterocycles. The van der Waals surface area contributed by atoms with E-state index >= 15 is 0 Å². The van der Waals surface area contributed by atoms with Gasteiger partial charge in [-0.25, -0.2) is 0 Å². The number of aliphatic carboxylic acids is 1. The number of piperidine rings is 1. The summed E-state index contributed by atoms with van der Waals surface area (Å²) in [5.41, 5.74) is 1.19. The van der Waals surface area contributed by atoms with Gasteiger partial charge in [-0.2, -0.15) is 5.10 Å². The zero-order chi connectivity index (χ0) is 16.7. The van der Waals surface area contributed by atoms with Crippen molar-refractivity contribution in [3.05, 3.63) is 17.5 Å². The second-order valence-corrected chi connectivity index (χ2v) is 7.31. The van der Waals surface area contributed by atoms with Crippen LogP contribution in [0.5, 0.6) is 0 Å². The number of rotatable bonds is 2. The Bertz CT molecular complexity index is 586. The Kier molecular flexibility index (Phi) is 4.31. The molecule has 1 aliphatic rings. The fraction of sp³-hybridized carbons (Fsp3) is 0.688. The lowest BCUT2D eigenvalue weighted by atomic mass is 9.90. The maximum absolute atomic E-state index is 12.8. The van der Waals surface area contributed by atoms with Crippen molar-refractivity contribution >= 4 is 11.9 Å². The summed E-state index contributed by atoms with van der Waals surface area (Å²) < 4.78 is 1.84. The highest BCUT2D eigenvalue weighted by Crippen LogP contribution is 2.25. The van der Waals surface area contributed by atoms with Crippen molar-refractivity contribution in [2.45, 2.75) is 46.6 Å². The normalized spacial score (nSPS) is 22.7. The van der Waals surface area contributed by atoms with Crippen LogP contribution in [0.25, 0.3) is 0 Å². The van der Waals surface area contributed by atoms with Crippen LogP contribution in [0, 0.1) is 18.8 Å². The predicted molar refractivity (Wildman–Crippen MR) is 82.8 cm³/mol. The number of carbonyl (C=O) groups is 2. The lowest BCUT2D eigenvalue weighted by Crippen LogP contribution is -2.45. The highest BCUT2D eigenvalue weighted by atomic mass is 16.4. The average Bonchev–Trinajstić information content (AvgIpc) is 2.78. The molecule has 0 radical (unpaired) electrons. The van der Waals surface area contributed by atoms with Gasteiger partial charge in [-0.1, -0.05) is 6.92 Å². The highest BCUT2D eigenvalue weighted by molar-refractivity contribution is 5.95. The monoisotopic (exact) mass is 307 g/mol. The third kappa shape index (κ3) is 3.15. The maximum Gasteiger partial charge on any atom is 0.308 e. The van der Waals surface area contributed by atoms with Gasteiger partial charge in [0, 0.05) is 18.8 Å². The van der Waals surface area contributed by atoms with Crippen LogP contribution in [0.15, 0.2) is 6.20 Å². The van der Waals surface area contributed by atoms with Crippen molar-refractivity contribution in [1.29, 1.82) is 0 Å². The molecule has 1 amide bonds. The average molecular weight is 307 g/mol. The van der Waals surface area contributed by atoms with Gasteiger partial charge in [0.05, 0.1) is 23.2 Å². The highest BCUT2D eigenvalue weighted by Gasteiger charge is 2.33. The molecule has 2 heterocycles. The third-order valence-corrected chi connectivity index (χ3v) is 4.17. The number of carbonyl (C=O) groups excluding carboxylic acids is 1. The van der Waals surface area contributed by atoms with Crippen molar-refractivity contribution in [1.82, 2.24) is 14.7 Å². The first-order valence-electron chi connectivity index (χ1n) is 7.68. The largest absolute Gasteiger partial charge is 0.481 e. The Morgan fingerprint density at radius 2 is 1.95 bits per heavy atom. The van der Waals surface area contributed by atoms with Crippen molar-refractivity contribution < 1.29 is 14.7 Å². The lowest BCUT2D eigenvalue weighted by molar-refractivity contribution is -0.143. The smallest absolute Gasteiger partial charge is 0.308 e. The van der Waals surface area contributed by atoms with Gasteiger partial charge in [-0.15, -0.1) is 0 Å². The molecular weight excluding hydrogens is 282 g/mol. The zero-order valence-corrected chi connectivity index (χ0v) is 14.0. The van der Waals surface area contributed by atoms with Crippen LogP contribution < -0.4 is 0 Å². The molecule has 1 saturated heterocycles. The molecule has 2 unspecified atom stereocenters. The number of nitrogens with zero attached hydrogens (tertiary/aromatic N) is 3. The molecule has 22 heavy (non-hydrogen) atoms. The molecule has 6 nitrogen and oxygen atoms in total. The van der Waals surface area contributed by atoms with E-state index < -0.39 is 11.9 Å². The SMILES string of the molecule is Cc1c(C(=O)N2CC(C)CC(C(=O)O)C2)cnn1C(C)(C)C. The molecule has 6 heteroatoms. The molecule has 0 aromatic carbocycles. The van der Waals surface area contributed by atoms with Gasteiger partial charge in [0.25, 0.3) is 5.91 Å². The number of hydrogen-bond acceptors (Lipinski definition) is 3. The van der Waals surface area contributed by atoms with E-state index in [4.69, 9.17) is 0 Å². The number of carboxylic acids is 1. The number of carboxylic acid groups (broad SMARTS) is 1. The summed E-state index contributed by atoms with van der Waals surface area (Å²) in [5.74, 6) is -1.24. The van der Waals surface area contributed by atoms with Crippen LogP contribution in [-0.4, -0.2) is 44.8 Å². The Morgan fingerprint density at radius 1 is 1.32 bits per heavy atom. The summed E-state index contributed by atoms with van der Waals surface area (Å²) in [4.78, 5) is 25.7. The van der Waals surface area contributed by atoms with E-state index in [9.17, 15) is 14.7 Å². The fourth-order valence-corrected chi connectivity index (χ4v) is 3.16. The first-order valence-corrected chi connectivity index (χ1v) is 7.68. The zero-order valence-electron chi connectivity index (χ0n) is 14.0. The van der Waals surface area contributed by atoms with Gasteiger partial charge in [-0.05, 0) is 40.0 Å². The summed E-state index contributed by atoms with van der Waals surface area (Å²) in [6.45, 7) is 10.8. The summed E-state index contributed by atoms with van der Waals surface area (Å²) in [6, 6.07) is 0. The first kappa shape index (κ1) is 16.5. The van der Waals surface area contributed by atoms with E-state index in [0.717, 1.165) is 5.69 Å². The van der Waals surface area contributed by atoms with Gasteiger partial charge < -0.3 is 10.0 Å². The molecule has 2 atom stereocenters. The number of aromatic nitrogens is 2. The minimum absolute atomic E-state index is 0.120. The minimum atomic E-state index is -0.827. The predicted octanol–water partition coefficient (Wildman–Crippen LogP) is 2.13. The van der Waals surface area contributed by atoms with Crippen molar-refractivity contribution in [3.63, 3.8) is 0 Å². The van der Waals surface area contributed by atoms with Gasteiger partial charge in [0.1, 0.15) is 0 Å². The van der Waals surface area contributed by atoms with Crippen molar-refractivity contribution in [2.24, 2.45) is 11.8 Å². The van der Waals surface area contributed by atoms with E-state index in [-0.39, 0.29) is 23.9 Å². The van der Waals surface area contributed by atoms with E-state index in [1.807, 2.05) is 39.3 Å². The second-order valence-electron chi connectivity index (χ2n) is 7.31. The second kappa shape index (κ2) is 5.74. The van der Waals surface area contributed by atoms with Gasteiger partial charge >= 0.3 is 5.97 Å². The van der Waals surface area contributed by atoms with E-state index in [2.05, 4.69) is 5.10 Å². The third-order valence-electron chi connectivity index (χ3n) is 4.17. The Balaban J connectivity index is 2.25. The van der Waals surface area contributed by atoms with Gasteiger partial charge in [-0.3, -0.25) is 14.3 Å². The van der Waals surface area contributed by atoms with E-state index in [1.54, 1.807) is 11.1 Å². The number of hydrogen-bond donors (Lipinski definition) is 1. The van der Waals surface area contributed by atoms with Gasteiger partial charge in [0.2, 0.25) is 0 Å². The number of likely N-dealkylation sites (tertiary alicyclic amines) is 1. The summed E-state index contributed by atoms with van der Waals surface area (Å²) in [5, 5.41) is 13.6. The minimum Gasteiger partial charge on any atom is -0.481 e. The molecule has 2 rings (SSSR count). The molecule has 1 aromatic rings. The van der Waals surface area contributed by atoms with E-state index in [0.29, 0.717) is 18.5 Å². The van der Waals surface area contributed by atoms with Crippen LogP contribution in [0.3, 0.4) is 0 Å². The van der Waals surface area contributed by atoms with Crippen molar-refractivity contribution in [2.75, 3.05) is 13.1 Å². The van der Waals surface area contributed by atoms with Crippen LogP contribution in [0.2, 0.25) is 0 Å². The van der Waals surface area contributed by atoms with Crippen LogP contribution >= 0.6 is 0 Å².